The van der Waals surface area contributed by atoms with Gasteiger partial charge in [-0.2, -0.15) is 0 Å². The second kappa shape index (κ2) is 11.0. The van der Waals surface area contributed by atoms with Gasteiger partial charge in [0, 0.05) is 13.1 Å². The van der Waals surface area contributed by atoms with Crippen molar-refractivity contribution in [2.24, 2.45) is 0 Å². The van der Waals surface area contributed by atoms with Crippen molar-refractivity contribution >= 4 is 18.0 Å². The number of ether oxygens (including phenoxy) is 4. The molecule has 7 heteroatoms. The first-order valence-corrected chi connectivity index (χ1v) is 9.72. The van der Waals surface area contributed by atoms with Crippen LogP contribution in [0.4, 0.5) is 0 Å². The third kappa shape index (κ3) is 6.09. The van der Waals surface area contributed by atoms with Gasteiger partial charge in [0.25, 0.3) is 5.91 Å². The zero-order valence-corrected chi connectivity index (χ0v) is 16.9. The summed E-state index contributed by atoms with van der Waals surface area (Å²) in [4.78, 5) is 26.2. The molecule has 1 fully saturated rings. The molecule has 3 rings (SSSR count). The van der Waals surface area contributed by atoms with Crippen LogP contribution in [-0.2, 0) is 14.3 Å². The molecule has 30 heavy (non-hydrogen) atoms. The molecule has 158 valence electrons. The molecule has 1 heterocycles. The summed E-state index contributed by atoms with van der Waals surface area (Å²) in [5, 5.41) is 0. The molecule has 2 aromatic carbocycles. The van der Waals surface area contributed by atoms with Crippen LogP contribution >= 0.6 is 0 Å². The van der Waals surface area contributed by atoms with E-state index in [1.54, 1.807) is 23.1 Å². The SMILES string of the molecule is COc1cc(C(=O)OC/C=C/c2ccccc2)ccc1OCC(=O)N1CCOCC1. The molecule has 0 spiro atoms. The number of carbonyl (C=O) groups excluding carboxylic acids is 2. The Morgan fingerprint density at radius 1 is 1.07 bits per heavy atom. The zero-order chi connectivity index (χ0) is 21.2. The first-order chi connectivity index (χ1) is 14.7. The Morgan fingerprint density at radius 3 is 2.57 bits per heavy atom. The largest absolute Gasteiger partial charge is 0.493 e. The lowest BCUT2D eigenvalue weighted by Crippen LogP contribution is -2.43. The van der Waals surface area contributed by atoms with E-state index in [4.69, 9.17) is 18.9 Å². The summed E-state index contributed by atoms with van der Waals surface area (Å²) >= 11 is 0. The van der Waals surface area contributed by atoms with Crippen LogP contribution in [0.3, 0.4) is 0 Å². The number of morpholine rings is 1. The summed E-state index contributed by atoms with van der Waals surface area (Å²) in [6.07, 6.45) is 3.66. The molecule has 7 nitrogen and oxygen atoms in total. The molecule has 2 aromatic rings. The third-order valence-corrected chi connectivity index (χ3v) is 4.53. The highest BCUT2D eigenvalue weighted by atomic mass is 16.5. The standard InChI is InChI=1S/C23H25NO6/c1-27-21-16-19(23(26)29-13-5-8-18-6-3-2-4-7-18)9-10-20(21)30-17-22(25)24-11-14-28-15-12-24/h2-10,16H,11-15,17H2,1H3/b8-5+. The molecule has 0 saturated carbocycles. The van der Waals surface area contributed by atoms with Crippen LogP contribution in [0.5, 0.6) is 11.5 Å². The molecule has 0 bridgehead atoms. The predicted molar refractivity (Wildman–Crippen MR) is 112 cm³/mol. The van der Waals surface area contributed by atoms with E-state index in [1.165, 1.54) is 13.2 Å². The van der Waals surface area contributed by atoms with Gasteiger partial charge in [-0.25, -0.2) is 4.79 Å². The molecular formula is C23H25NO6. The lowest BCUT2D eigenvalue weighted by atomic mass is 10.2. The van der Waals surface area contributed by atoms with Gasteiger partial charge in [-0.3, -0.25) is 4.79 Å². The summed E-state index contributed by atoms with van der Waals surface area (Å²) in [5.41, 5.74) is 1.37. The highest BCUT2D eigenvalue weighted by molar-refractivity contribution is 5.90. The Bertz CT molecular complexity index is 875. The number of esters is 1. The van der Waals surface area contributed by atoms with Crippen molar-refractivity contribution in [3.8, 4) is 11.5 Å². The summed E-state index contributed by atoms with van der Waals surface area (Å²) in [5.74, 6) is 0.162. The van der Waals surface area contributed by atoms with Gasteiger partial charge in [0.15, 0.2) is 18.1 Å². The van der Waals surface area contributed by atoms with Crippen LogP contribution in [0.15, 0.2) is 54.6 Å². The number of rotatable bonds is 8. The fourth-order valence-corrected chi connectivity index (χ4v) is 2.91. The topological polar surface area (TPSA) is 74.3 Å². The first kappa shape index (κ1) is 21.4. The third-order valence-electron chi connectivity index (χ3n) is 4.53. The minimum Gasteiger partial charge on any atom is -0.493 e. The highest BCUT2D eigenvalue weighted by Crippen LogP contribution is 2.28. The van der Waals surface area contributed by atoms with E-state index in [9.17, 15) is 9.59 Å². The molecule has 0 atom stereocenters. The Hall–Kier alpha value is -3.32. The van der Waals surface area contributed by atoms with Gasteiger partial charge in [0.05, 0.1) is 25.9 Å². The molecular weight excluding hydrogens is 386 g/mol. The van der Waals surface area contributed by atoms with E-state index >= 15 is 0 Å². The smallest absolute Gasteiger partial charge is 0.338 e. The van der Waals surface area contributed by atoms with Crippen LogP contribution in [0.1, 0.15) is 15.9 Å². The summed E-state index contributed by atoms with van der Waals surface area (Å²) in [6, 6.07) is 14.5. The Morgan fingerprint density at radius 2 is 1.83 bits per heavy atom. The van der Waals surface area contributed by atoms with Crippen LogP contribution in [0.25, 0.3) is 6.08 Å². The van der Waals surface area contributed by atoms with Crippen molar-refractivity contribution in [1.82, 2.24) is 4.90 Å². The van der Waals surface area contributed by atoms with Gasteiger partial charge in [-0.15, -0.1) is 0 Å². The normalized spacial score (nSPS) is 13.8. The maximum atomic E-state index is 12.3. The molecule has 1 aliphatic rings. The van der Waals surface area contributed by atoms with Crippen LogP contribution in [-0.4, -0.2) is 63.4 Å². The second-order valence-corrected chi connectivity index (χ2v) is 6.56. The number of benzene rings is 2. The fourth-order valence-electron chi connectivity index (χ4n) is 2.91. The van der Waals surface area contributed by atoms with Gasteiger partial charge in [-0.05, 0) is 29.8 Å². The summed E-state index contributed by atoms with van der Waals surface area (Å²) in [7, 11) is 1.48. The van der Waals surface area contributed by atoms with Gasteiger partial charge >= 0.3 is 5.97 Å². The summed E-state index contributed by atoms with van der Waals surface area (Å²) < 4.78 is 21.4. The van der Waals surface area contributed by atoms with Crippen LogP contribution in [0, 0.1) is 0 Å². The fraction of sp³-hybridized carbons (Fsp3) is 0.304. The highest BCUT2D eigenvalue weighted by Gasteiger charge is 2.18. The monoisotopic (exact) mass is 411 g/mol. The molecule has 0 radical (unpaired) electrons. The minimum absolute atomic E-state index is 0.107. The number of carbonyl (C=O) groups is 2. The van der Waals surface area contributed by atoms with Crippen molar-refractivity contribution < 1.29 is 28.5 Å². The van der Waals surface area contributed by atoms with Crippen molar-refractivity contribution in [1.29, 1.82) is 0 Å². The zero-order valence-electron chi connectivity index (χ0n) is 16.9. The lowest BCUT2D eigenvalue weighted by molar-refractivity contribution is -0.137. The molecule has 0 aliphatic carbocycles. The maximum Gasteiger partial charge on any atom is 0.338 e. The van der Waals surface area contributed by atoms with E-state index in [-0.39, 0.29) is 19.1 Å². The van der Waals surface area contributed by atoms with Gasteiger partial charge in [0.2, 0.25) is 0 Å². The van der Waals surface area contributed by atoms with E-state index in [2.05, 4.69) is 0 Å². The number of methoxy groups -OCH3 is 1. The van der Waals surface area contributed by atoms with Gasteiger partial charge in [0.1, 0.15) is 6.61 Å². The first-order valence-electron chi connectivity index (χ1n) is 9.72. The van der Waals surface area contributed by atoms with E-state index in [0.29, 0.717) is 43.4 Å². The van der Waals surface area contributed by atoms with E-state index < -0.39 is 5.97 Å². The molecule has 1 saturated heterocycles. The van der Waals surface area contributed by atoms with Crippen molar-refractivity contribution in [2.45, 2.75) is 0 Å². The molecule has 0 N–H and O–H groups in total. The molecule has 0 unspecified atom stereocenters. The van der Waals surface area contributed by atoms with Crippen molar-refractivity contribution in [3.05, 3.63) is 65.7 Å². The Balaban J connectivity index is 1.53. The Labute approximate surface area is 175 Å². The van der Waals surface area contributed by atoms with Gasteiger partial charge < -0.3 is 23.8 Å². The quantitative estimate of drug-likeness (QED) is 0.622. The second-order valence-electron chi connectivity index (χ2n) is 6.56. The summed E-state index contributed by atoms with van der Waals surface area (Å²) in [6.45, 7) is 2.23. The molecule has 0 aromatic heterocycles. The Kier molecular flexibility index (Phi) is 7.86. The van der Waals surface area contributed by atoms with Gasteiger partial charge in [-0.1, -0.05) is 36.4 Å². The lowest BCUT2D eigenvalue weighted by Gasteiger charge is -2.26. The van der Waals surface area contributed by atoms with E-state index in [1.807, 2.05) is 36.4 Å². The molecule has 1 amide bonds. The number of nitrogens with zero attached hydrogens (tertiary/aromatic N) is 1. The molecule has 1 aliphatic heterocycles. The minimum atomic E-state index is -0.470. The van der Waals surface area contributed by atoms with Crippen molar-refractivity contribution in [3.63, 3.8) is 0 Å². The number of hydrogen-bond acceptors (Lipinski definition) is 6. The van der Waals surface area contributed by atoms with E-state index in [0.717, 1.165) is 5.56 Å². The number of hydrogen-bond donors (Lipinski definition) is 0. The maximum absolute atomic E-state index is 12.3. The van der Waals surface area contributed by atoms with Crippen LogP contribution < -0.4 is 9.47 Å². The predicted octanol–water partition coefficient (Wildman–Crippen LogP) is 2.80. The average Bonchev–Trinajstić information content (AvgIpc) is 2.81. The van der Waals surface area contributed by atoms with Crippen LogP contribution in [0.2, 0.25) is 0 Å². The van der Waals surface area contributed by atoms with Crippen molar-refractivity contribution in [2.75, 3.05) is 46.6 Å². The average molecular weight is 411 g/mol. The number of amides is 1.